The second-order valence-electron chi connectivity index (χ2n) is 9.90. The van der Waals surface area contributed by atoms with E-state index in [1.54, 1.807) is 0 Å². The topological polar surface area (TPSA) is 52.3 Å². The van der Waals surface area contributed by atoms with Crippen LogP contribution in [-0.4, -0.2) is 18.6 Å². The zero-order chi connectivity index (χ0) is 20.4. The van der Waals surface area contributed by atoms with Gasteiger partial charge in [0.25, 0.3) is 0 Å². The molecule has 0 aromatic rings. The van der Waals surface area contributed by atoms with Gasteiger partial charge in [-0.25, -0.2) is 0 Å². The lowest BCUT2D eigenvalue weighted by atomic mass is 9.69. The van der Waals surface area contributed by atoms with E-state index < -0.39 is 0 Å². The van der Waals surface area contributed by atoms with E-state index in [1.165, 1.54) is 12.8 Å². The Morgan fingerprint density at radius 2 is 1.65 bits per heavy atom. The highest BCUT2D eigenvalue weighted by molar-refractivity contribution is 5.69. The summed E-state index contributed by atoms with van der Waals surface area (Å²) in [4.78, 5) is 12.3. The van der Waals surface area contributed by atoms with Gasteiger partial charge in [0.15, 0.2) is 0 Å². The average molecular weight is 370 g/mol. The number of esters is 1. The number of ether oxygens (including phenoxy) is 1. The van der Waals surface area contributed by atoms with E-state index in [4.69, 9.17) is 10.5 Å². The van der Waals surface area contributed by atoms with E-state index in [9.17, 15) is 4.79 Å². The van der Waals surface area contributed by atoms with E-state index in [-0.39, 0.29) is 17.5 Å². The molecule has 0 saturated heterocycles. The largest absolute Gasteiger partial charge is 0.462 e. The molecule has 2 N–H and O–H groups in total. The minimum absolute atomic E-state index is 0.0157. The molecule has 0 saturated carbocycles. The molecule has 0 aromatic carbocycles. The Kier molecular flexibility index (Phi) is 11.7. The van der Waals surface area contributed by atoms with E-state index in [1.807, 2.05) is 0 Å². The zero-order valence-electron chi connectivity index (χ0n) is 19.0. The SMILES string of the molecule is CCC(C)CC(CC)C(CC(C)(C)CC(C)(C)CC)OC(=O)CCCN. The lowest BCUT2D eigenvalue weighted by molar-refractivity contribution is -0.154. The van der Waals surface area contributed by atoms with Crippen LogP contribution in [-0.2, 0) is 9.53 Å². The molecule has 0 rings (SSSR count). The summed E-state index contributed by atoms with van der Waals surface area (Å²) in [6.45, 7) is 18.9. The Balaban J connectivity index is 5.24. The zero-order valence-corrected chi connectivity index (χ0v) is 19.0. The summed E-state index contributed by atoms with van der Waals surface area (Å²) in [5.74, 6) is 1.03. The van der Waals surface area contributed by atoms with Gasteiger partial charge >= 0.3 is 5.97 Å². The number of carbonyl (C=O) groups excluding carboxylic acids is 1. The third-order valence-electron chi connectivity index (χ3n) is 5.99. The van der Waals surface area contributed by atoms with Gasteiger partial charge in [-0.15, -0.1) is 0 Å². The van der Waals surface area contributed by atoms with Gasteiger partial charge in [0.2, 0.25) is 0 Å². The van der Waals surface area contributed by atoms with Gasteiger partial charge in [-0.2, -0.15) is 0 Å². The van der Waals surface area contributed by atoms with Gasteiger partial charge in [-0.1, -0.05) is 68.2 Å². The lowest BCUT2D eigenvalue weighted by Gasteiger charge is -2.39. The van der Waals surface area contributed by atoms with Crippen LogP contribution in [0.15, 0.2) is 0 Å². The molecule has 3 heteroatoms. The molecule has 156 valence electrons. The van der Waals surface area contributed by atoms with Crippen LogP contribution in [0.2, 0.25) is 0 Å². The van der Waals surface area contributed by atoms with Crippen LogP contribution in [0, 0.1) is 22.7 Å². The third kappa shape index (κ3) is 10.5. The first-order valence-corrected chi connectivity index (χ1v) is 10.9. The fourth-order valence-corrected chi connectivity index (χ4v) is 4.08. The van der Waals surface area contributed by atoms with Crippen molar-refractivity contribution in [1.82, 2.24) is 0 Å². The van der Waals surface area contributed by atoms with Crippen molar-refractivity contribution in [3.63, 3.8) is 0 Å². The normalized spacial score (nSPS) is 16.2. The quantitative estimate of drug-likeness (QED) is 0.363. The van der Waals surface area contributed by atoms with Gasteiger partial charge in [-0.3, -0.25) is 4.79 Å². The van der Waals surface area contributed by atoms with Gasteiger partial charge < -0.3 is 10.5 Å². The maximum atomic E-state index is 12.3. The van der Waals surface area contributed by atoms with Crippen LogP contribution in [0.5, 0.6) is 0 Å². The number of hydrogen-bond donors (Lipinski definition) is 1. The minimum atomic E-state index is -0.0754. The monoisotopic (exact) mass is 369 g/mol. The molecule has 0 heterocycles. The van der Waals surface area contributed by atoms with Crippen molar-refractivity contribution in [1.29, 1.82) is 0 Å². The Morgan fingerprint density at radius 1 is 1.04 bits per heavy atom. The highest BCUT2D eigenvalue weighted by Crippen LogP contribution is 2.41. The summed E-state index contributed by atoms with van der Waals surface area (Å²) in [6.07, 6.45) is 7.79. The molecule has 3 nitrogen and oxygen atoms in total. The molecule has 0 amide bonds. The standard InChI is InChI=1S/C23H47NO2/c1-9-18(4)15-19(10-2)20(26-21(25)13-12-14-24)16-23(7,8)17-22(5,6)11-3/h18-20H,9-17,24H2,1-8H3. The van der Waals surface area contributed by atoms with E-state index in [0.717, 1.165) is 25.7 Å². The Bertz CT molecular complexity index is 390. The van der Waals surface area contributed by atoms with Crippen molar-refractivity contribution in [3.05, 3.63) is 0 Å². The van der Waals surface area contributed by atoms with Gasteiger partial charge in [0.05, 0.1) is 0 Å². The fraction of sp³-hybridized carbons (Fsp3) is 0.957. The number of nitrogens with two attached hydrogens (primary N) is 1. The molecule has 0 spiro atoms. The second-order valence-corrected chi connectivity index (χ2v) is 9.90. The summed E-state index contributed by atoms with van der Waals surface area (Å²) in [5, 5.41) is 0. The molecule has 0 aromatic heterocycles. The molecule has 3 atom stereocenters. The Hall–Kier alpha value is -0.570. The Morgan fingerprint density at radius 3 is 2.12 bits per heavy atom. The van der Waals surface area contributed by atoms with E-state index in [2.05, 4.69) is 55.4 Å². The van der Waals surface area contributed by atoms with Crippen LogP contribution in [0.1, 0.15) is 107 Å². The molecule has 0 aliphatic rings. The first-order chi connectivity index (χ1) is 12.0. The molecular formula is C23H47NO2. The van der Waals surface area contributed by atoms with Crippen molar-refractivity contribution in [3.8, 4) is 0 Å². The summed E-state index contributed by atoms with van der Waals surface area (Å²) in [5.41, 5.74) is 6.03. The maximum absolute atomic E-state index is 12.3. The van der Waals surface area contributed by atoms with E-state index >= 15 is 0 Å². The van der Waals surface area contributed by atoms with Crippen molar-refractivity contribution in [2.75, 3.05) is 6.54 Å². The number of hydrogen-bond acceptors (Lipinski definition) is 3. The van der Waals surface area contributed by atoms with Crippen LogP contribution >= 0.6 is 0 Å². The fourth-order valence-electron chi connectivity index (χ4n) is 4.08. The summed E-state index contributed by atoms with van der Waals surface area (Å²) >= 11 is 0. The first-order valence-electron chi connectivity index (χ1n) is 10.9. The highest BCUT2D eigenvalue weighted by atomic mass is 16.5. The molecule has 3 unspecified atom stereocenters. The van der Waals surface area contributed by atoms with Crippen molar-refractivity contribution >= 4 is 5.97 Å². The van der Waals surface area contributed by atoms with Crippen LogP contribution in [0.3, 0.4) is 0 Å². The predicted octanol–water partition coefficient (Wildman–Crippen LogP) is 6.34. The van der Waals surface area contributed by atoms with E-state index in [0.29, 0.717) is 36.6 Å². The molecule has 0 aliphatic carbocycles. The van der Waals surface area contributed by atoms with Gasteiger partial charge in [0, 0.05) is 6.42 Å². The smallest absolute Gasteiger partial charge is 0.306 e. The molecule has 26 heavy (non-hydrogen) atoms. The summed E-state index contributed by atoms with van der Waals surface area (Å²) in [6, 6.07) is 0. The highest BCUT2D eigenvalue weighted by Gasteiger charge is 2.34. The van der Waals surface area contributed by atoms with Crippen molar-refractivity contribution < 1.29 is 9.53 Å². The van der Waals surface area contributed by atoms with Gasteiger partial charge in [0.1, 0.15) is 6.10 Å². The molecule has 0 fully saturated rings. The molecular weight excluding hydrogens is 322 g/mol. The average Bonchev–Trinajstić information content (AvgIpc) is 2.55. The van der Waals surface area contributed by atoms with Crippen LogP contribution in [0.25, 0.3) is 0 Å². The summed E-state index contributed by atoms with van der Waals surface area (Å²) in [7, 11) is 0. The predicted molar refractivity (Wildman–Crippen MR) is 113 cm³/mol. The molecule has 0 bridgehead atoms. The van der Waals surface area contributed by atoms with Gasteiger partial charge in [-0.05, 0) is 61.3 Å². The van der Waals surface area contributed by atoms with Crippen LogP contribution in [0.4, 0.5) is 0 Å². The first kappa shape index (κ1) is 25.4. The Labute approximate surface area is 163 Å². The maximum Gasteiger partial charge on any atom is 0.306 e. The number of rotatable bonds is 14. The third-order valence-corrected chi connectivity index (χ3v) is 5.99. The number of carbonyl (C=O) groups is 1. The summed E-state index contributed by atoms with van der Waals surface area (Å²) < 4.78 is 6.04. The van der Waals surface area contributed by atoms with Crippen molar-refractivity contribution in [2.45, 2.75) is 113 Å². The molecule has 0 radical (unpaired) electrons. The molecule has 0 aliphatic heterocycles. The minimum Gasteiger partial charge on any atom is -0.462 e. The lowest BCUT2D eigenvalue weighted by Crippen LogP contribution is -2.35. The second kappa shape index (κ2) is 12.0. The van der Waals surface area contributed by atoms with Crippen LogP contribution < -0.4 is 5.73 Å². The van der Waals surface area contributed by atoms with Crippen molar-refractivity contribution in [2.24, 2.45) is 28.4 Å².